The van der Waals surface area contributed by atoms with Crippen molar-refractivity contribution in [1.82, 2.24) is 5.32 Å². The highest BCUT2D eigenvalue weighted by Crippen LogP contribution is 2.28. The van der Waals surface area contributed by atoms with Crippen LogP contribution in [0.1, 0.15) is 32.8 Å². The highest BCUT2D eigenvalue weighted by atomic mass is 19.1. The van der Waals surface area contributed by atoms with Crippen LogP contribution in [0, 0.1) is 18.7 Å². The summed E-state index contributed by atoms with van der Waals surface area (Å²) in [4.78, 5) is 25.6. The van der Waals surface area contributed by atoms with Crippen molar-refractivity contribution in [3.63, 3.8) is 0 Å². The first-order valence-corrected chi connectivity index (χ1v) is 7.06. The molecule has 0 saturated carbocycles. The SMILES string of the molecule is Cc1ccc(N2C[C@@H](C(=O)NC(C)(C)C)CC2=O)c(F)c1. The molecule has 0 aromatic heterocycles. The van der Waals surface area contributed by atoms with Crippen LogP contribution in [0.2, 0.25) is 0 Å². The number of hydrogen-bond acceptors (Lipinski definition) is 2. The summed E-state index contributed by atoms with van der Waals surface area (Å²) < 4.78 is 14.0. The van der Waals surface area contributed by atoms with E-state index in [0.717, 1.165) is 5.56 Å². The monoisotopic (exact) mass is 292 g/mol. The van der Waals surface area contributed by atoms with Gasteiger partial charge in [-0.2, -0.15) is 0 Å². The Kier molecular flexibility index (Phi) is 4.03. The molecule has 0 bridgehead atoms. The zero-order valence-corrected chi connectivity index (χ0v) is 12.9. The summed E-state index contributed by atoms with van der Waals surface area (Å²) in [5.74, 6) is -1.24. The number of carbonyl (C=O) groups is 2. The van der Waals surface area contributed by atoms with Gasteiger partial charge in [-0.1, -0.05) is 6.07 Å². The van der Waals surface area contributed by atoms with Crippen molar-refractivity contribution in [3.05, 3.63) is 29.6 Å². The Morgan fingerprint density at radius 2 is 2.05 bits per heavy atom. The van der Waals surface area contributed by atoms with E-state index < -0.39 is 11.7 Å². The number of rotatable bonds is 2. The van der Waals surface area contributed by atoms with Crippen LogP contribution in [0.3, 0.4) is 0 Å². The molecule has 1 atom stereocenters. The number of aryl methyl sites for hydroxylation is 1. The molecule has 1 aliphatic heterocycles. The zero-order valence-electron chi connectivity index (χ0n) is 12.9. The lowest BCUT2D eigenvalue weighted by molar-refractivity contribution is -0.127. The third kappa shape index (κ3) is 3.60. The van der Waals surface area contributed by atoms with Gasteiger partial charge in [0, 0.05) is 18.5 Å². The van der Waals surface area contributed by atoms with Gasteiger partial charge in [0.1, 0.15) is 5.82 Å². The Labute approximate surface area is 124 Å². The van der Waals surface area contributed by atoms with Gasteiger partial charge < -0.3 is 10.2 Å². The minimum Gasteiger partial charge on any atom is -0.351 e. The van der Waals surface area contributed by atoms with Crippen LogP contribution >= 0.6 is 0 Å². The summed E-state index contributed by atoms with van der Waals surface area (Å²) in [5, 5.41) is 2.87. The van der Waals surface area contributed by atoms with Gasteiger partial charge in [0.15, 0.2) is 0 Å². The molecule has 114 valence electrons. The lowest BCUT2D eigenvalue weighted by atomic mass is 10.0. The molecule has 1 aromatic rings. The van der Waals surface area contributed by atoms with Crippen LogP contribution in [0.4, 0.5) is 10.1 Å². The summed E-state index contributed by atoms with van der Waals surface area (Å²) >= 11 is 0. The molecule has 0 aliphatic carbocycles. The molecule has 1 aromatic carbocycles. The Bertz CT molecular complexity index is 578. The first-order chi connectivity index (χ1) is 9.67. The van der Waals surface area contributed by atoms with E-state index in [1.165, 1.54) is 11.0 Å². The second-order valence-electron chi connectivity index (χ2n) is 6.60. The molecule has 2 amide bonds. The second-order valence-corrected chi connectivity index (χ2v) is 6.60. The van der Waals surface area contributed by atoms with Gasteiger partial charge in [-0.15, -0.1) is 0 Å². The highest BCUT2D eigenvalue weighted by molar-refractivity contribution is 6.00. The van der Waals surface area contributed by atoms with Crippen molar-refractivity contribution < 1.29 is 14.0 Å². The van der Waals surface area contributed by atoms with Crippen LogP contribution < -0.4 is 10.2 Å². The third-order valence-corrected chi connectivity index (χ3v) is 3.39. The molecule has 2 rings (SSSR count). The van der Waals surface area contributed by atoms with Crippen LogP contribution in [-0.4, -0.2) is 23.9 Å². The number of benzene rings is 1. The van der Waals surface area contributed by atoms with Gasteiger partial charge in [0.25, 0.3) is 0 Å². The fraction of sp³-hybridized carbons (Fsp3) is 0.500. The van der Waals surface area contributed by atoms with Crippen molar-refractivity contribution >= 4 is 17.5 Å². The number of halogens is 1. The molecule has 1 fully saturated rings. The predicted molar refractivity (Wildman–Crippen MR) is 79.5 cm³/mol. The van der Waals surface area contributed by atoms with Gasteiger partial charge in [-0.05, 0) is 45.4 Å². The number of anilines is 1. The van der Waals surface area contributed by atoms with Crippen LogP contribution in [0.5, 0.6) is 0 Å². The van der Waals surface area contributed by atoms with Crippen molar-refractivity contribution in [2.24, 2.45) is 5.92 Å². The standard InChI is InChI=1S/C16H21FN2O2/c1-10-5-6-13(12(17)7-10)19-9-11(8-14(19)20)15(21)18-16(2,3)4/h5-7,11H,8-9H2,1-4H3,(H,18,21)/t11-/m0/s1. The van der Waals surface area contributed by atoms with Crippen molar-refractivity contribution in [1.29, 1.82) is 0 Å². The average molecular weight is 292 g/mol. The molecule has 1 N–H and O–H groups in total. The Balaban J connectivity index is 2.14. The van der Waals surface area contributed by atoms with E-state index in [1.54, 1.807) is 19.1 Å². The second kappa shape index (κ2) is 5.47. The number of amides is 2. The van der Waals surface area contributed by atoms with Gasteiger partial charge in [0.2, 0.25) is 11.8 Å². The predicted octanol–water partition coefficient (Wildman–Crippen LogP) is 2.40. The summed E-state index contributed by atoms with van der Waals surface area (Å²) in [6.45, 7) is 7.68. The van der Waals surface area contributed by atoms with Gasteiger partial charge in [-0.25, -0.2) is 4.39 Å². The molecule has 0 spiro atoms. The smallest absolute Gasteiger partial charge is 0.227 e. The average Bonchev–Trinajstić information content (AvgIpc) is 2.69. The quantitative estimate of drug-likeness (QED) is 0.910. The van der Waals surface area contributed by atoms with Gasteiger partial charge in [0.05, 0.1) is 11.6 Å². The fourth-order valence-corrected chi connectivity index (χ4v) is 2.42. The first-order valence-electron chi connectivity index (χ1n) is 7.06. The van der Waals surface area contributed by atoms with Crippen LogP contribution in [0.15, 0.2) is 18.2 Å². The maximum atomic E-state index is 14.0. The minimum atomic E-state index is -0.433. The summed E-state index contributed by atoms with van der Waals surface area (Å²) in [7, 11) is 0. The van der Waals surface area contributed by atoms with Crippen molar-refractivity contribution in [2.75, 3.05) is 11.4 Å². The largest absolute Gasteiger partial charge is 0.351 e. The summed E-state index contributed by atoms with van der Waals surface area (Å²) in [6, 6.07) is 4.74. The van der Waals surface area contributed by atoms with E-state index in [9.17, 15) is 14.0 Å². The lowest BCUT2D eigenvalue weighted by Crippen LogP contribution is -2.44. The maximum Gasteiger partial charge on any atom is 0.227 e. The number of nitrogens with zero attached hydrogens (tertiary/aromatic N) is 1. The van der Waals surface area contributed by atoms with E-state index >= 15 is 0 Å². The topological polar surface area (TPSA) is 49.4 Å². The van der Waals surface area contributed by atoms with E-state index in [4.69, 9.17) is 0 Å². The molecule has 1 saturated heterocycles. The van der Waals surface area contributed by atoms with E-state index in [0.29, 0.717) is 0 Å². The normalized spacial score (nSPS) is 19.0. The molecular formula is C16H21FN2O2. The molecule has 0 radical (unpaired) electrons. The zero-order chi connectivity index (χ0) is 15.8. The molecule has 0 unspecified atom stereocenters. The number of carbonyl (C=O) groups excluding carboxylic acids is 2. The van der Waals surface area contributed by atoms with Gasteiger partial charge in [-0.3, -0.25) is 9.59 Å². The van der Waals surface area contributed by atoms with E-state index in [2.05, 4.69) is 5.32 Å². The highest BCUT2D eigenvalue weighted by Gasteiger charge is 2.37. The Morgan fingerprint density at radius 1 is 1.38 bits per heavy atom. The molecular weight excluding hydrogens is 271 g/mol. The Hall–Kier alpha value is -1.91. The summed E-state index contributed by atoms with van der Waals surface area (Å²) in [6.07, 6.45) is 0.120. The Morgan fingerprint density at radius 3 is 2.62 bits per heavy atom. The number of hydrogen-bond donors (Lipinski definition) is 1. The fourth-order valence-electron chi connectivity index (χ4n) is 2.42. The van der Waals surface area contributed by atoms with Crippen molar-refractivity contribution in [3.8, 4) is 0 Å². The minimum absolute atomic E-state index is 0.120. The molecule has 1 aliphatic rings. The van der Waals surface area contributed by atoms with Crippen molar-refractivity contribution in [2.45, 2.75) is 39.7 Å². The van der Waals surface area contributed by atoms with E-state index in [1.807, 2.05) is 20.8 Å². The lowest BCUT2D eigenvalue weighted by Gasteiger charge is -2.23. The first kappa shape index (κ1) is 15.5. The third-order valence-electron chi connectivity index (χ3n) is 3.39. The molecule has 1 heterocycles. The molecule has 21 heavy (non-hydrogen) atoms. The van der Waals surface area contributed by atoms with Crippen LogP contribution in [0.25, 0.3) is 0 Å². The van der Waals surface area contributed by atoms with Gasteiger partial charge >= 0.3 is 0 Å². The molecule has 5 heteroatoms. The van der Waals surface area contributed by atoms with E-state index in [-0.39, 0.29) is 36.0 Å². The molecule has 4 nitrogen and oxygen atoms in total. The van der Waals surface area contributed by atoms with Crippen LogP contribution in [-0.2, 0) is 9.59 Å². The number of nitrogens with one attached hydrogen (secondary N) is 1. The summed E-state index contributed by atoms with van der Waals surface area (Å²) in [5.41, 5.74) is 0.699. The maximum absolute atomic E-state index is 14.0.